The molecule has 0 aliphatic rings. The number of aromatic nitrogens is 1. The van der Waals surface area contributed by atoms with Gasteiger partial charge in [-0.05, 0) is 46.6 Å². The van der Waals surface area contributed by atoms with Crippen LogP contribution in [0.15, 0.2) is 40.4 Å². The molecule has 0 saturated heterocycles. The summed E-state index contributed by atoms with van der Waals surface area (Å²) >= 11 is 4.62. The van der Waals surface area contributed by atoms with Gasteiger partial charge in [-0.15, -0.1) is 11.3 Å². The molecule has 0 aliphatic heterocycles. The van der Waals surface area contributed by atoms with Crippen molar-refractivity contribution in [1.82, 2.24) is 15.6 Å². The maximum absolute atomic E-state index is 11.8. The summed E-state index contributed by atoms with van der Waals surface area (Å²) in [6.07, 6.45) is 3.38. The molecule has 5 nitrogen and oxygen atoms in total. The van der Waals surface area contributed by atoms with Crippen LogP contribution in [0.2, 0.25) is 0 Å². The third kappa shape index (κ3) is 4.64. The lowest BCUT2D eigenvalue weighted by Gasteiger charge is -2.14. The number of pyridine rings is 1. The van der Waals surface area contributed by atoms with Crippen molar-refractivity contribution in [2.45, 2.75) is 13.0 Å². The summed E-state index contributed by atoms with van der Waals surface area (Å²) in [5.41, 5.74) is 0.916. The van der Waals surface area contributed by atoms with Crippen LogP contribution in [0.5, 0.6) is 0 Å². The number of nitrogens with one attached hydrogen (secondary N) is 2. The Bertz CT molecular complexity index is 630. The van der Waals surface area contributed by atoms with Crippen molar-refractivity contribution >= 4 is 39.1 Å². The maximum atomic E-state index is 11.8. The molecule has 21 heavy (non-hydrogen) atoms. The van der Waals surface area contributed by atoms with Crippen molar-refractivity contribution < 1.29 is 9.59 Å². The molecule has 0 fully saturated rings. The molecule has 0 spiro atoms. The fraction of sp³-hybridized carbons (Fsp3) is 0.214. The van der Waals surface area contributed by atoms with Crippen molar-refractivity contribution in [2.24, 2.45) is 0 Å². The largest absolute Gasteiger partial charge is 0.348 e. The fourth-order valence-electron chi connectivity index (χ4n) is 1.69. The third-order valence-electron chi connectivity index (χ3n) is 2.77. The van der Waals surface area contributed by atoms with E-state index in [0.717, 1.165) is 9.35 Å². The molecule has 1 atom stereocenters. The van der Waals surface area contributed by atoms with E-state index in [9.17, 15) is 9.59 Å². The summed E-state index contributed by atoms with van der Waals surface area (Å²) in [6, 6.07) is 7.05. The van der Waals surface area contributed by atoms with Crippen LogP contribution >= 0.6 is 27.3 Å². The topological polar surface area (TPSA) is 71.1 Å². The van der Waals surface area contributed by atoms with Crippen LogP contribution in [0.25, 0.3) is 0 Å². The third-order valence-corrected chi connectivity index (χ3v) is 4.39. The average Bonchev–Trinajstić information content (AvgIpc) is 2.92. The Morgan fingerprint density at radius 3 is 2.81 bits per heavy atom. The van der Waals surface area contributed by atoms with Gasteiger partial charge in [0.2, 0.25) is 5.91 Å². The first-order valence-corrected chi connectivity index (χ1v) is 7.90. The first-order valence-electron chi connectivity index (χ1n) is 6.29. The van der Waals surface area contributed by atoms with Gasteiger partial charge in [0.25, 0.3) is 5.91 Å². The standard InChI is InChI=1S/C14H14BrN3O2S/c1-9(10-3-2-6-16-7-10)18-13(19)8-17-14(20)11-4-5-12(15)21-11/h2-7,9H,8H2,1H3,(H,17,20)(H,18,19)/t9-/m1/s1. The quantitative estimate of drug-likeness (QED) is 0.852. The lowest BCUT2D eigenvalue weighted by atomic mass is 10.1. The molecule has 2 N–H and O–H groups in total. The minimum Gasteiger partial charge on any atom is -0.348 e. The Labute approximate surface area is 134 Å². The van der Waals surface area contributed by atoms with Gasteiger partial charge in [0, 0.05) is 12.4 Å². The van der Waals surface area contributed by atoms with Gasteiger partial charge in [-0.3, -0.25) is 14.6 Å². The van der Waals surface area contributed by atoms with Crippen LogP contribution in [0.4, 0.5) is 0 Å². The Hall–Kier alpha value is -1.73. The van der Waals surface area contributed by atoms with Gasteiger partial charge in [-0.2, -0.15) is 0 Å². The molecule has 7 heteroatoms. The van der Waals surface area contributed by atoms with Crippen LogP contribution in [-0.4, -0.2) is 23.3 Å². The molecular weight excluding hydrogens is 354 g/mol. The summed E-state index contributed by atoms with van der Waals surface area (Å²) < 4.78 is 0.877. The van der Waals surface area contributed by atoms with Crippen LogP contribution in [0.1, 0.15) is 28.2 Å². The van der Waals surface area contributed by atoms with Crippen LogP contribution in [0.3, 0.4) is 0 Å². The van der Waals surface area contributed by atoms with E-state index in [0.29, 0.717) is 4.88 Å². The van der Waals surface area contributed by atoms with Crippen molar-refractivity contribution in [3.63, 3.8) is 0 Å². The number of carbonyl (C=O) groups is 2. The molecule has 0 radical (unpaired) electrons. The van der Waals surface area contributed by atoms with Crippen molar-refractivity contribution in [1.29, 1.82) is 0 Å². The molecule has 0 bridgehead atoms. The van der Waals surface area contributed by atoms with Crippen molar-refractivity contribution in [3.8, 4) is 0 Å². The normalized spacial score (nSPS) is 11.7. The minimum absolute atomic E-state index is 0.0566. The van der Waals surface area contributed by atoms with E-state index in [1.54, 1.807) is 24.5 Å². The molecule has 110 valence electrons. The van der Waals surface area contributed by atoms with E-state index in [1.807, 2.05) is 19.1 Å². The first kappa shape index (κ1) is 15.7. The van der Waals surface area contributed by atoms with E-state index in [1.165, 1.54) is 11.3 Å². The zero-order chi connectivity index (χ0) is 15.2. The SMILES string of the molecule is C[C@@H](NC(=O)CNC(=O)c1ccc(Br)s1)c1cccnc1. The number of rotatable bonds is 5. The first-order chi connectivity index (χ1) is 10.1. The Balaban J connectivity index is 1.81. The van der Waals surface area contributed by atoms with E-state index in [-0.39, 0.29) is 24.4 Å². The van der Waals surface area contributed by atoms with Gasteiger partial charge in [-0.25, -0.2) is 0 Å². The summed E-state index contributed by atoms with van der Waals surface area (Å²) in [6.45, 7) is 1.81. The second-order valence-electron chi connectivity index (χ2n) is 4.36. The predicted molar refractivity (Wildman–Crippen MR) is 85.1 cm³/mol. The highest BCUT2D eigenvalue weighted by Crippen LogP contribution is 2.21. The van der Waals surface area contributed by atoms with Gasteiger partial charge >= 0.3 is 0 Å². The van der Waals surface area contributed by atoms with Crippen LogP contribution in [-0.2, 0) is 4.79 Å². The highest BCUT2D eigenvalue weighted by atomic mass is 79.9. The minimum atomic E-state index is -0.255. The molecular formula is C14H14BrN3O2S. The predicted octanol–water partition coefficient (Wildman–Crippen LogP) is 2.51. The zero-order valence-electron chi connectivity index (χ0n) is 11.3. The molecule has 2 amide bonds. The van der Waals surface area contributed by atoms with Gasteiger partial charge in [0.05, 0.1) is 21.3 Å². The highest BCUT2D eigenvalue weighted by Gasteiger charge is 2.12. The van der Waals surface area contributed by atoms with Gasteiger partial charge in [0.15, 0.2) is 0 Å². The molecule has 2 heterocycles. The molecule has 0 unspecified atom stereocenters. The number of thiophene rings is 1. The molecule has 0 aromatic carbocycles. The molecule has 2 aromatic rings. The van der Waals surface area contributed by atoms with Crippen LogP contribution in [0, 0.1) is 0 Å². The number of hydrogen-bond donors (Lipinski definition) is 2. The number of hydrogen-bond acceptors (Lipinski definition) is 4. The van der Waals surface area contributed by atoms with E-state index >= 15 is 0 Å². The summed E-state index contributed by atoms with van der Waals surface area (Å²) in [5, 5.41) is 5.40. The lowest BCUT2D eigenvalue weighted by molar-refractivity contribution is -0.120. The molecule has 2 rings (SSSR count). The highest BCUT2D eigenvalue weighted by molar-refractivity contribution is 9.11. The lowest BCUT2D eigenvalue weighted by Crippen LogP contribution is -2.37. The Morgan fingerprint density at radius 2 is 2.19 bits per heavy atom. The van der Waals surface area contributed by atoms with Gasteiger partial charge in [-0.1, -0.05) is 6.07 Å². The second-order valence-corrected chi connectivity index (χ2v) is 6.83. The summed E-state index contributed by atoms with van der Waals surface area (Å²) in [7, 11) is 0. The number of nitrogens with zero attached hydrogens (tertiary/aromatic N) is 1. The second kappa shape index (κ2) is 7.33. The number of amides is 2. The van der Waals surface area contributed by atoms with Crippen molar-refractivity contribution in [3.05, 3.63) is 50.9 Å². The maximum Gasteiger partial charge on any atom is 0.261 e. The van der Waals surface area contributed by atoms with Crippen molar-refractivity contribution in [2.75, 3.05) is 6.54 Å². The average molecular weight is 368 g/mol. The Kier molecular flexibility index (Phi) is 5.46. The van der Waals surface area contributed by atoms with Gasteiger partial charge in [0.1, 0.15) is 0 Å². The molecule has 0 saturated carbocycles. The number of halogens is 1. The Morgan fingerprint density at radius 1 is 1.38 bits per heavy atom. The summed E-state index contributed by atoms with van der Waals surface area (Å²) in [4.78, 5) is 28.2. The monoisotopic (exact) mass is 367 g/mol. The van der Waals surface area contributed by atoms with Gasteiger partial charge < -0.3 is 10.6 Å². The van der Waals surface area contributed by atoms with Crippen LogP contribution < -0.4 is 10.6 Å². The molecule has 0 aliphatic carbocycles. The smallest absolute Gasteiger partial charge is 0.261 e. The zero-order valence-corrected chi connectivity index (χ0v) is 13.7. The summed E-state index contributed by atoms with van der Waals surface area (Å²) in [5.74, 6) is -0.495. The van der Waals surface area contributed by atoms with E-state index in [2.05, 4.69) is 31.5 Å². The number of carbonyl (C=O) groups excluding carboxylic acids is 2. The molecule has 2 aromatic heterocycles. The fourth-order valence-corrected chi connectivity index (χ4v) is 2.99. The van der Waals surface area contributed by atoms with E-state index in [4.69, 9.17) is 0 Å². The van der Waals surface area contributed by atoms with E-state index < -0.39 is 0 Å².